The number of thioether (sulfide) groups is 1. The van der Waals surface area contributed by atoms with Crippen LogP contribution in [0.5, 0.6) is 0 Å². The number of aromatic nitrogens is 1. The SMILES string of the molecule is CSCCn1c(=NC(=O)c2ccc(Cc3ccccc3)cc2)sc2cc([N+](=O)[O-])ccc21. The van der Waals surface area contributed by atoms with Crippen molar-refractivity contribution in [3.63, 3.8) is 0 Å². The van der Waals surface area contributed by atoms with Gasteiger partial charge in [-0.25, -0.2) is 0 Å². The minimum atomic E-state index is -0.412. The molecule has 0 aliphatic rings. The van der Waals surface area contributed by atoms with Gasteiger partial charge in [0.05, 0.1) is 15.1 Å². The Hall–Kier alpha value is -3.23. The van der Waals surface area contributed by atoms with Crippen molar-refractivity contribution in [1.82, 2.24) is 4.57 Å². The summed E-state index contributed by atoms with van der Waals surface area (Å²) in [6, 6.07) is 22.4. The summed E-state index contributed by atoms with van der Waals surface area (Å²) in [6.07, 6.45) is 2.81. The first-order valence-corrected chi connectivity index (χ1v) is 12.2. The number of thiazole rings is 1. The smallest absolute Gasteiger partial charge is 0.279 e. The predicted octanol–water partition coefficient (Wildman–Crippen LogP) is 5.31. The van der Waals surface area contributed by atoms with Crippen LogP contribution in [0.2, 0.25) is 0 Å². The Morgan fingerprint density at radius 2 is 1.78 bits per heavy atom. The number of nitro benzene ring substituents is 1. The third-order valence-corrected chi connectivity index (χ3v) is 6.68. The van der Waals surface area contributed by atoms with Gasteiger partial charge in [-0.1, -0.05) is 53.8 Å². The number of amides is 1. The number of fused-ring (bicyclic) bond motifs is 1. The Morgan fingerprint density at radius 3 is 2.47 bits per heavy atom. The van der Waals surface area contributed by atoms with Crippen molar-refractivity contribution in [2.45, 2.75) is 13.0 Å². The van der Waals surface area contributed by atoms with E-state index in [1.54, 1.807) is 30.0 Å². The molecule has 4 aromatic rings. The van der Waals surface area contributed by atoms with E-state index in [0.29, 0.717) is 16.9 Å². The predicted molar refractivity (Wildman–Crippen MR) is 130 cm³/mol. The van der Waals surface area contributed by atoms with Crippen LogP contribution in [0, 0.1) is 10.1 Å². The number of nitrogens with zero attached hydrogens (tertiary/aromatic N) is 3. The van der Waals surface area contributed by atoms with Gasteiger partial charge in [-0.3, -0.25) is 14.9 Å². The highest BCUT2D eigenvalue weighted by Crippen LogP contribution is 2.23. The topological polar surface area (TPSA) is 77.5 Å². The monoisotopic (exact) mass is 463 g/mol. The van der Waals surface area contributed by atoms with Crippen LogP contribution >= 0.6 is 23.1 Å². The highest BCUT2D eigenvalue weighted by molar-refractivity contribution is 7.98. The zero-order valence-electron chi connectivity index (χ0n) is 17.4. The summed E-state index contributed by atoms with van der Waals surface area (Å²) in [6.45, 7) is 0.668. The molecule has 6 nitrogen and oxygen atoms in total. The molecule has 0 saturated carbocycles. The Morgan fingerprint density at radius 1 is 1.06 bits per heavy atom. The molecule has 0 bridgehead atoms. The number of non-ortho nitro benzene ring substituents is 1. The lowest BCUT2D eigenvalue weighted by Gasteiger charge is -2.04. The molecule has 0 aliphatic carbocycles. The van der Waals surface area contributed by atoms with Crippen molar-refractivity contribution in [3.05, 3.63) is 104 Å². The number of aryl methyl sites for hydroxylation is 1. The van der Waals surface area contributed by atoms with E-state index in [-0.39, 0.29) is 11.6 Å². The van der Waals surface area contributed by atoms with Crippen LogP contribution in [0.25, 0.3) is 10.2 Å². The van der Waals surface area contributed by atoms with Gasteiger partial charge in [-0.2, -0.15) is 16.8 Å². The highest BCUT2D eigenvalue weighted by atomic mass is 32.2. The fourth-order valence-electron chi connectivity index (χ4n) is 3.41. The summed E-state index contributed by atoms with van der Waals surface area (Å²) in [7, 11) is 0. The zero-order chi connectivity index (χ0) is 22.5. The van der Waals surface area contributed by atoms with Crippen LogP contribution in [0.3, 0.4) is 0 Å². The number of rotatable bonds is 7. The first-order valence-electron chi connectivity index (χ1n) is 10.0. The van der Waals surface area contributed by atoms with Crippen molar-refractivity contribution < 1.29 is 9.72 Å². The van der Waals surface area contributed by atoms with E-state index < -0.39 is 4.92 Å². The minimum Gasteiger partial charge on any atom is -0.315 e. The van der Waals surface area contributed by atoms with Crippen LogP contribution < -0.4 is 4.80 Å². The van der Waals surface area contributed by atoms with E-state index in [4.69, 9.17) is 0 Å². The quantitative estimate of drug-likeness (QED) is 0.275. The van der Waals surface area contributed by atoms with Gasteiger partial charge in [0.2, 0.25) is 0 Å². The zero-order valence-corrected chi connectivity index (χ0v) is 19.1. The van der Waals surface area contributed by atoms with Crippen LogP contribution in [-0.2, 0) is 13.0 Å². The van der Waals surface area contributed by atoms with Crippen molar-refractivity contribution in [3.8, 4) is 0 Å². The standard InChI is InChI=1S/C24H21N3O3S2/c1-31-14-13-26-21-12-11-20(27(29)30)16-22(21)32-24(26)25-23(28)19-9-7-18(8-10-19)15-17-5-3-2-4-6-17/h2-12,16H,13-15H2,1H3. The summed E-state index contributed by atoms with van der Waals surface area (Å²) in [5.41, 5.74) is 3.73. The maximum atomic E-state index is 12.9. The van der Waals surface area contributed by atoms with E-state index >= 15 is 0 Å². The summed E-state index contributed by atoms with van der Waals surface area (Å²) < 4.78 is 2.70. The van der Waals surface area contributed by atoms with E-state index in [1.165, 1.54) is 29.0 Å². The van der Waals surface area contributed by atoms with Gasteiger partial charge in [-0.05, 0) is 42.0 Å². The summed E-state index contributed by atoms with van der Waals surface area (Å²) in [5, 5.41) is 11.1. The third-order valence-electron chi connectivity index (χ3n) is 5.05. The van der Waals surface area contributed by atoms with E-state index in [1.807, 2.05) is 41.2 Å². The lowest BCUT2D eigenvalue weighted by molar-refractivity contribution is -0.384. The van der Waals surface area contributed by atoms with E-state index in [0.717, 1.165) is 28.0 Å². The molecular formula is C24H21N3O3S2. The fourth-order valence-corrected chi connectivity index (χ4v) is 4.86. The Kier molecular flexibility index (Phi) is 6.82. The molecule has 32 heavy (non-hydrogen) atoms. The first kappa shape index (κ1) is 22.0. The summed E-state index contributed by atoms with van der Waals surface area (Å²) in [5.74, 6) is 0.522. The van der Waals surface area contributed by atoms with Crippen molar-refractivity contribution in [2.75, 3.05) is 12.0 Å². The van der Waals surface area contributed by atoms with E-state index in [2.05, 4.69) is 17.1 Å². The molecule has 1 heterocycles. The van der Waals surface area contributed by atoms with Gasteiger partial charge < -0.3 is 4.57 Å². The second kappa shape index (κ2) is 9.93. The second-order valence-electron chi connectivity index (χ2n) is 7.21. The first-order chi connectivity index (χ1) is 15.5. The molecule has 0 spiro atoms. The number of nitro groups is 1. The lowest BCUT2D eigenvalue weighted by Crippen LogP contribution is -2.18. The Bertz CT molecular complexity index is 1330. The molecule has 0 unspecified atom stereocenters. The molecule has 0 radical (unpaired) electrons. The number of hydrogen-bond acceptors (Lipinski definition) is 5. The molecule has 3 aromatic carbocycles. The lowest BCUT2D eigenvalue weighted by atomic mass is 10.0. The average molecular weight is 464 g/mol. The molecule has 0 atom stereocenters. The average Bonchev–Trinajstić information content (AvgIpc) is 3.14. The minimum absolute atomic E-state index is 0.0302. The maximum Gasteiger partial charge on any atom is 0.279 e. The molecule has 1 aromatic heterocycles. The second-order valence-corrected chi connectivity index (χ2v) is 9.21. The van der Waals surface area contributed by atoms with Crippen molar-refractivity contribution >= 4 is 44.9 Å². The maximum absolute atomic E-state index is 12.9. The highest BCUT2D eigenvalue weighted by Gasteiger charge is 2.13. The normalized spacial score (nSPS) is 11.7. The largest absolute Gasteiger partial charge is 0.315 e. The number of carbonyl (C=O) groups is 1. The number of benzene rings is 3. The van der Waals surface area contributed by atoms with Gasteiger partial charge in [0.15, 0.2) is 4.80 Å². The molecule has 0 N–H and O–H groups in total. The Balaban J connectivity index is 1.65. The van der Waals surface area contributed by atoms with Crippen LogP contribution in [0.15, 0.2) is 77.8 Å². The van der Waals surface area contributed by atoms with Gasteiger partial charge in [0.25, 0.3) is 11.6 Å². The summed E-state index contributed by atoms with van der Waals surface area (Å²) in [4.78, 5) is 28.5. The van der Waals surface area contributed by atoms with Crippen LogP contribution in [0.1, 0.15) is 21.5 Å². The molecule has 162 valence electrons. The number of carbonyl (C=O) groups excluding carboxylic acids is 1. The molecule has 0 aliphatic heterocycles. The summed E-state index contributed by atoms with van der Waals surface area (Å²) >= 11 is 2.99. The van der Waals surface area contributed by atoms with Crippen LogP contribution in [-0.4, -0.2) is 27.4 Å². The number of hydrogen-bond donors (Lipinski definition) is 0. The van der Waals surface area contributed by atoms with Crippen molar-refractivity contribution in [1.29, 1.82) is 0 Å². The molecule has 0 fully saturated rings. The van der Waals surface area contributed by atoms with Gasteiger partial charge >= 0.3 is 0 Å². The van der Waals surface area contributed by atoms with Gasteiger partial charge in [-0.15, -0.1) is 0 Å². The van der Waals surface area contributed by atoms with E-state index in [9.17, 15) is 14.9 Å². The molecule has 4 rings (SSSR count). The third kappa shape index (κ3) is 4.98. The van der Waals surface area contributed by atoms with Crippen molar-refractivity contribution in [2.24, 2.45) is 4.99 Å². The molecule has 0 saturated heterocycles. The molecular weight excluding hydrogens is 442 g/mol. The van der Waals surface area contributed by atoms with Gasteiger partial charge in [0.1, 0.15) is 0 Å². The molecule has 1 amide bonds. The Labute approximate surface area is 193 Å². The fraction of sp³-hybridized carbons (Fsp3) is 0.167. The van der Waals surface area contributed by atoms with Crippen LogP contribution in [0.4, 0.5) is 5.69 Å². The molecule has 8 heteroatoms. The van der Waals surface area contributed by atoms with Gasteiger partial charge in [0, 0.05) is 30.0 Å².